The SMILES string of the molecule is CCc1ccc(CC(=O)OCC2(C(=O)CCc3ccccc3Cl)CC=CC2)cc1. The first-order valence-corrected chi connectivity index (χ1v) is 10.6. The number of Topliss-reactive ketones (excluding diaryl/α,β-unsaturated/α-hetero) is 1. The lowest BCUT2D eigenvalue weighted by Crippen LogP contribution is -2.35. The van der Waals surface area contributed by atoms with Crippen molar-refractivity contribution in [3.63, 3.8) is 0 Å². The molecular weight excluding hydrogens is 384 g/mol. The average molecular weight is 411 g/mol. The fraction of sp³-hybridized carbons (Fsp3) is 0.360. The van der Waals surface area contributed by atoms with Gasteiger partial charge in [-0.3, -0.25) is 9.59 Å². The van der Waals surface area contributed by atoms with E-state index in [9.17, 15) is 9.59 Å². The minimum Gasteiger partial charge on any atom is -0.464 e. The molecule has 0 fully saturated rings. The van der Waals surface area contributed by atoms with Gasteiger partial charge in [-0.1, -0.05) is 73.1 Å². The smallest absolute Gasteiger partial charge is 0.310 e. The van der Waals surface area contributed by atoms with Gasteiger partial charge in [0.1, 0.15) is 12.4 Å². The molecule has 0 saturated heterocycles. The molecule has 0 atom stereocenters. The second-order valence-electron chi connectivity index (χ2n) is 7.68. The molecule has 0 amide bonds. The Balaban J connectivity index is 1.56. The number of allylic oxidation sites excluding steroid dienone is 2. The Morgan fingerprint density at radius 1 is 1.00 bits per heavy atom. The molecule has 0 unspecified atom stereocenters. The fourth-order valence-corrected chi connectivity index (χ4v) is 3.90. The van der Waals surface area contributed by atoms with Crippen molar-refractivity contribution in [2.24, 2.45) is 5.41 Å². The molecule has 0 N–H and O–H groups in total. The van der Waals surface area contributed by atoms with Crippen LogP contribution in [0.2, 0.25) is 5.02 Å². The molecule has 0 heterocycles. The zero-order valence-corrected chi connectivity index (χ0v) is 17.6. The summed E-state index contributed by atoms with van der Waals surface area (Å²) in [5, 5.41) is 0.680. The van der Waals surface area contributed by atoms with Crippen molar-refractivity contribution in [2.75, 3.05) is 6.61 Å². The first-order chi connectivity index (χ1) is 14.0. The van der Waals surface area contributed by atoms with E-state index in [1.807, 2.05) is 60.7 Å². The van der Waals surface area contributed by atoms with Crippen LogP contribution in [-0.4, -0.2) is 18.4 Å². The van der Waals surface area contributed by atoms with Gasteiger partial charge >= 0.3 is 5.97 Å². The maximum Gasteiger partial charge on any atom is 0.310 e. The molecule has 2 aromatic rings. The zero-order valence-electron chi connectivity index (χ0n) is 16.8. The van der Waals surface area contributed by atoms with Crippen molar-refractivity contribution < 1.29 is 14.3 Å². The van der Waals surface area contributed by atoms with Crippen molar-refractivity contribution in [2.45, 2.75) is 45.4 Å². The number of hydrogen-bond acceptors (Lipinski definition) is 3. The van der Waals surface area contributed by atoms with Crippen LogP contribution >= 0.6 is 11.6 Å². The van der Waals surface area contributed by atoms with Gasteiger partial charge in [-0.2, -0.15) is 0 Å². The Morgan fingerprint density at radius 3 is 2.31 bits per heavy atom. The molecule has 2 aromatic carbocycles. The molecule has 0 spiro atoms. The minimum absolute atomic E-state index is 0.127. The lowest BCUT2D eigenvalue weighted by Gasteiger charge is -2.27. The molecule has 4 heteroatoms. The third kappa shape index (κ3) is 5.57. The topological polar surface area (TPSA) is 43.4 Å². The summed E-state index contributed by atoms with van der Waals surface area (Å²) >= 11 is 6.21. The number of esters is 1. The highest BCUT2D eigenvalue weighted by atomic mass is 35.5. The van der Waals surface area contributed by atoms with E-state index in [4.69, 9.17) is 16.3 Å². The van der Waals surface area contributed by atoms with Crippen LogP contribution < -0.4 is 0 Å². The molecule has 0 saturated carbocycles. The summed E-state index contributed by atoms with van der Waals surface area (Å²) < 4.78 is 5.56. The van der Waals surface area contributed by atoms with E-state index in [-0.39, 0.29) is 24.8 Å². The van der Waals surface area contributed by atoms with Gasteiger partial charge < -0.3 is 4.74 Å². The number of halogens is 1. The Labute approximate surface area is 177 Å². The van der Waals surface area contributed by atoms with Crippen molar-refractivity contribution in [1.82, 2.24) is 0 Å². The molecular formula is C25H27ClO3. The second-order valence-corrected chi connectivity index (χ2v) is 8.09. The first-order valence-electron chi connectivity index (χ1n) is 10.2. The highest BCUT2D eigenvalue weighted by Gasteiger charge is 2.39. The number of aryl methyl sites for hydroxylation is 2. The van der Waals surface area contributed by atoms with E-state index in [0.717, 1.165) is 17.5 Å². The van der Waals surface area contributed by atoms with Gasteiger partial charge in [-0.05, 0) is 48.4 Å². The number of carbonyl (C=O) groups is 2. The van der Waals surface area contributed by atoms with Crippen molar-refractivity contribution in [3.8, 4) is 0 Å². The largest absolute Gasteiger partial charge is 0.464 e. The molecule has 0 aromatic heterocycles. The molecule has 0 radical (unpaired) electrons. The number of ketones is 1. The lowest BCUT2D eigenvalue weighted by atomic mass is 9.79. The van der Waals surface area contributed by atoms with Gasteiger partial charge in [0.15, 0.2) is 0 Å². The van der Waals surface area contributed by atoms with E-state index in [1.54, 1.807) is 0 Å². The molecule has 3 nitrogen and oxygen atoms in total. The second kappa shape index (κ2) is 9.89. The van der Waals surface area contributed by atoms with Crippen LogP contribution in [0, 0.1) is 5.41 Å². The van der Waals surface area contributed by atoms with Crippen LogP contribution in [0.3, 0.4) is 0 Å². The van der Waals surface area contributed by atoms with Gasteiger partial charge in [0.05, 0.1) is 11.8 Å². The number of benzene rings is 2. The first kappa shape index (κ1) is 21.3. The molecule has 3 rings (SSSR count). The maximum atomic E-state index is 13.0. The molecule has 1 aliphatic carbocycles. The normalized spacial score (nSPS) is 14.7. The molecule has 0 aliphatic heterocycles. The maximum absolute atomic E-state index is 13.0. The summed E-state index contributed by atoms with van der Waals surface area (Å²) in [4.78, 5) is 25.4. The Kier molecular flexibility index (Phi) is 7.27. The van der Waals surface area contributed by atoms with Gasteiger partial charge in [0, 0.05) is 11.4 Å². The Bertz CT molecular complexity index is 875. The van der Waals surface area contributed by atoms with Gasteiger partial charge in [-0.25, -0.2) is 0 Å². The number of carbonyl (C=O) groups excluding carboxylic acids is 2. The molecule has 0 bridgehead atoms. The predicted octanol–water partition coefficient (Wildman–Crippen LogP) is 5.53. The fourth-order valence-electron chi connectivity index (χ4n) is 3.67. The van der Waals surface area contributed by atoms with E-state index in [0.29, 0.717) is 30.7 Å². The third-order valence-electron chi connectivity index (χ3n) is 5.64. The van der Waals surface area contributed by atoms with E-state index in [2.05, 4.69) is 6.92 Å². The monoisotopic (exact) mass is 410 g/mol. The standard InChI is InChI=1S/C25H27ClO3/c1-2-19-9-11-20(12-10-19)17-24(28)29-18-25(15-5-6-16-25)23(27)14-13-21-7-3-4-8-22(21)26/h3-12H,2,13-18H2,1H3. The number of hydrogen-bond donors (Lipinski definition) is 0. The van der Waals surface area contributed by atoms with Crippen molar-refractivity contribution in [3.05, 3.63) is 82.4 Å². The van der Waals surface area contributed by atoms with Crippen molar-refractivity contribution in [1.29, 1.82) is 0 Å². The zero-order chi connectivity index (χ0) is 20.7. The quantitative estimate of drug-likeness (QED) is 0.403. The van der Waals surface area contributed by atoms with E-state index in [1.165, 1.54) is 5.56 Å². The summed E-state index contributed by atoms with van der Waals surface area (Å²) in [6.07, 6.45) is 7.42. The lowest BCUT2D eigenvalue weighted by molar-refractivity contribution is -0.149. The Morgan fingerprint density at radius 2 is 1.66 bits per heavy atom. The van der Waals surface area contributed by atoms with E-state index >= 15 is 0 Å². The van der Waals surface area contributed by atoms with Crippen LogP contribution in [0.5, 0.6) is 0 Å². The van der Waals surface area contributed by atoms with Crippen LogP contribution in [-0.2, 0) is 33.6 Å². The molecule has 1 aliphatic rings. The van der Waals surface area contributed by atoms with Gasteiger partial charge in [0.2, 0.25) is 0 Å². The highest BCUT2D eigenvalue weighted by Crippen LogP contribution is 2.36. The summed E-state index contributed by atoms with van der Waals surface area (Å²) in [5.74, 6) is -0.165. The molecule has 29 heavy (non-hydrogen) atoms. The number of rotatable bonds is 9. The summed E-state index contributed by atoms with van der Waals surface area (Å²) in [6, 6.07) is 15.6. The van der Waals surface area contributed by atoms with Crippen LogP contribution in [0.4, 0.5) is 0 Å². The predicted molar refractivity (Wildman–Crippen MR) is 116 cm³/mol. The average Bonchev–Trinajstić information content (AvgIpc) is 3.22. The summed E-state index contributed by atoms with van der Waals surface area (Å²) in [6.45, 7) is 2.23. The Hall–Kier alpha value is -2.39. The number of ether oxygens (including phenoxy) is 1. The van der Waals surface area contributed by atoms with Crippen LogP contribution in [0.1, 0.15) is 42.9 Å². The van der Waals surface area contributed by atoms with Crippen LogP contribution in [0.15, 0.2) is 60.7 Å². The van der Waals surface area contributed by atoms with Gasteiger partial charge in [-0.15, -0.1) is 0 Å². The highest BCUT2D eigenvalue weighted by molar-refractivity contribution is 6.31. The van der Waals surface area contributed by atoms with Crippen molar-refractivity contribution >= 4 is 23.4 Å². The summed E-state index contributed by atoms with van der Waals surface area (Å²) in [7, 11) is 0. The van der Waals surface area contributed by atoms with Crippen LogP contribution in [0.25, 0.3) is 0 Å². The third-order valence-corrected chi connectivity index (χ3v) is 6.01. The summed E-state index contributed by atoms with van der Waals surface area (Å²) in [5.41, 5.74) is 2.50. The molecule has 152 valence electrons. The van der Waals surface area contributed by atoms with Gasteiger partial charge in [0.25, 0.3) is 0 Å². The minimum atomic E-state index is -0.636. The van der Waals surface area contributed by atoms with E-state index < -0.39 is 5.41 Å².